The third kappa shape index (κ3) is 4.62. The van der Waals surface area contributed by atoms with E-state index in [1.165, 1.54) is 0 Å². The summed E-state index contributed by atoms with van der Waals surface area (Å²) in [5.74, 6) is -0.950. The van der Waals surface area contributed by atoms with E-state index in [-0.39, 0.29) is 24.5 Å². The van der Waals surface area contributed by atoms with Crippen LogP contribution in [0.5, 0.6) is 0 Å². The molecular weight excluding hydrogens is 236 g/mol. The molecule has 0 aromatic rings. The third-order valence-electron chi connectivity index (χ3n) is 2.96. The Morgan fingerprint density at radius 1 is 1.22 bits per heavy atom. The van der Waals surface area contributed by atoms with Crippen LogP contribution in [0.25, 0.3) is 0 Å². The molecule has 0 saturated carbocycles. The highest BCUT2D eigenvalue weighted by Crippen LogP contribution is 2.13. The van der Waals surface area contributed by atoms with Gasteiger partial charge in [-0.05, 0) is 20.8 Å². The van der Waals surface area contributed by atoms with E-state index in [0.29, 0.717) is 26.3 Å². The molecule has 1 heterocycles. The van der Waals surface area contributed by atoms with Crippen molar-refractivity contribution < 1.29 is 19.4 Å². The summed E-state index contributed by atoms with van der Waals surface area (Å²) >= 11 is 0. The number of morpholine rings is 1. The van der Waals surface area contributed by atoms with E-state index in [4.69, 9.17) is 9.84 Å². The minimum Gasteiger partial charge on any atom is -0.480 e. The normalized spacial score (nSPS) is 17.0. The summed E-state index contributed by atoms with van der Waals surface area (Å²) in [7, 11) is 0. The number of carboxylic acid groups (broad SMARTS) is 1. The van der Waals surface area contributed by atoms with E-state index < -0.39 is 5.97 Å². The van der Waals surface area contributed by atoms with E-state index in [1.807, 2.05) is 20.8 Å². The van der Waals surface area contributed by atoms with Crippen molar-refractivity contribution in [2.75, 3.05) is 39.4 Å². The van der Waals surface area contributed by atoms with Gasteiger partial charge >= 0.3 is 5.97 Å². The number of amides is 1. The quantitative estimate of drug-likeness (QED) is 0.770. The molecule has 0 aromatic carbocycles. The lowest BCUT2D eigenvalue weighted by Crippen LogP contribution is -2.52. The number of ether oxygens (including phenoxy) is 1. The van der Waals surface area contributed by atoms with Crippen LogP contribution >= 0.6 is 0 Å². The summed E-state index contributed by atoms with van der Waals surface area (Å²) in [5.41, 5.74) is -0.347. The topological polar surface area (TPSA) is 70.1 Å². The largest absolute Gasteiger partial charge is 0.480 e. The van der Waals surface area contributed by atoms with Crippen LogP contribution in [0.1, 0.15) is 20.8 Å². The third-order valence-corrected chi connectivity index (χ3v) is 2.96. The Labute approximate surface area is 107 Å². The second kappa shape index (κ2) is 6.15. The molecule has 0 spiro atoms. The zero-order valence-corrected chi connectivity index (χ0v) is 11.3. The molecule has 1 aliphatic rings. The van der Waals surface area contributed by atoms with Gasteiger partial charge in [0.25, 0.3) is 0 Å². The van der Waals surface area contributed by atoms with Gasteiger partial charge in [0, 0.05) is 18.6 Å². The number of carbonyl (C=O) groups excluding carboxylic acids is 1. The smallest absolute Gasteiger partial charge is 0.317 e. The first-order valence-electron chi connectivity index (χ1n) is 6.13. The van der Waals surface area contributed by atoms with Crippen molar-refractivity contribution in [2.45, 2.75) is 26.3 Å². The number of aliphatic carboxylic acids is 1. The molecule has 0 bridgehead atoms. The number of carbonyl (C=O) groups is 2. The van der Waals surface area contributed by atoms with E-state index in [1.54, 1.807) is 9.80 Å². The molecule has 1 saturated heterocycles. The molecule has 0 atom stereocenters. The standard InChI is InChI=1S/C12H22N2O4/c1-12(2,3)14(9-11(16)17)8-10(15)13-4-6-18-7-5-13/h4-9H2,1-3H3,(H,16,17). The number of hydrogen-bond acceptors (Lipinski definition) is 4. The Bertz CT molecular complexity index is 306. The van der Waals surface area contributed by atoms with Crippen LogP contribution in [0.2, 0.25) is 0 Å². The van der Waals surface area contributed by atoms with Crippen LogP contribution in [0, 0.1) is 0 Å². The number of hydrogen-bond donors (Lipinski definition) is 1. The average molecular weight is 258 g/mol. The summed E-state index contributed by atoms with van der Waals surface area (Å²) < 4.78 is 5.19. The highest BCUT2D eigenvalue weighted by atomic mass is 16.5. The van der Waals surface area contributed by atoms with Crippen molar-refractivity contribution in [2.24, 2.45) is 0 Å². The van der Waals surface area contributed by atoms with Crippen LogP contribution in [0.15, 0.2) is 0 Å². The summed E-state index contributed by atoms with van der Waals surface area (Å²) in [6.45, 7) is 8.01. The Balaban J connectivity index is 2.59. The fraction of sp³-hybridized carbons (Fsp3) is 0.833. The van der Waals surface area contributed by atoms with Crippen molar-refractivity contribution in [1.29, 1.82) is 0 Å². The van der Waals surface area contributed by atoms with Crippen LogP contribution in [0.3, 0.4) is 0 Å². The lowest BCUT2D eigenvalue weighted by Gasteiger charge is -2.36. The predicted octanol–water partition coefficient (Wildman–Crippen LogP) is 0.0303. The Hall–Kier alpha value is -1.14. The number of nitrogens with zero attached hydrogens (tertiary/aromatic N) is 2. The van der Waals surface area contributed by atoms with Crippen LogP contribution < -0.4 is 0 Å². The first-order valence-corrected chi connectivity index (χ1v) is 6.13. The fourth-order valence-electron chi connectivity index (χ4n) is 1.77. The average Bonchev–Trinajstić information content (AvgIpc) is 2.27. The molecule has 0 aliphatic carbocycles. The summed E-state index contributed by atoms with van der Waals surface area (Å²) in [5, 5.41) is 8.88. The van der Waals surface area contributed by atoms with E-state index in [0.717, 1.165) is 0 Å². The van der Waals surface area contributed by atoms with Gasteiger partial charge in [0.2, 0.25) is 5.91 Å². The Morgan fingerprint density at radius 3 is 2.22 bits per heavy atom. The number of carboxylic acids is 1. The van der Waals surface area contributed by atoms with Crippen molar-refractivity contribution in [3.05, 3.63) is 0 Å². The molecule has 6 heteroatoms. The molecule has 1 amide bonds. The second-order valence-electron chi connectivity index (χ2n) is 5.41. The second-order valence-corrected chi connectivity index (χ2v) is 5.41. The van der Waals surface area contributed by atoms with E-state index >= 15 is 0 Å². The molecule has 1 N–H and O–H groups in total. The zero-order chi connectivity index (χ0) is 13.8. The van der Waals surface area contributed by atoms with Crippen molar-refractivity contribution in [3.8, 4) is 0 Å². The first kappa shape index (κ1) is 14.9. The lowest BCUT2D eigenvalue weighted by atomic mass is 10.1. The van der Waals surface area contributed by atoms with Crippen LogP contribution in [-0.2, 0) is 14.3 Å². The molecule has 0 aromatic heterocycles. The minimum atomic E-state index is -0.917. The molecule has 0 unspecified atom stereocenters. The van der Waals surface area contributed by atoms with Gasteiger partial charge in [-0.1, -0.05) is 0 Å². The number of rotatable bonds is 4. The van der Waals surface area contributed by atoms with Crippen LogP contribution in [0.4, 0.5) is 0 Å². The molecule has 1 fully saturated rings. The molecular formula is C12H22N2O4. The SMILES string of the molecule is CC(C)(C)N(CC(=O)O)CC(=O)N1CCOCC1. The lowest BCUT2D eigenvalue weighted by molar-refractivity contribution is -0.143. The first-order chi connectivity index (χ1) is 8.30. The van der Waals surface area contributed by atoms with Gasteiger partial charge in [-0.15, -0.1) is 0 Å². The van der Waals surface area contributed by atoms with Crippen molar-refractivity contribution in [1.82, 2.24) is 9.80 Å². The van der Waals surface area contributed by atoms with E-state index in [2.05, 4.69) is 0 Å². The van der Waals surface area contributed by atoms with Gasteiger partial charge in [-0.25, -0.2) is 0 Å². The fourth-order valence-corrected chi connectivity index (χ4v) is 1.77. The molecule has 104 valence electrons. The van der Waals surface area contributed by atoms with Crippen molar-refractivity contribution >= 4 is 11.9 Å². The maximum absolute atomic E-state index is 12.1. The van der Waals surface area contributed by atoms with Gasteiger partial charge in [0.05, 0.1) is 26.3 Å². The van der Waals surface area contributed by atoms with Gasteiger partial charge < -0.3 is 14.7 Å². The molecule has 0 radical (unpaired) electrons. The summed E-state index contributed by atoms with van der Waals surface area (Å²) in [6.07, 6.45) is 0. The zero-order valence-electron chi connectivity index (χ0n) is 11.3. The Morgan fingerprint density at radius 2 is 1.78 bits per heavy atom. The highest BCUT2D eigenvalue weighted by Gasteiger charge is 2.28. The molecule has 18 heavy (non-hydrogen) atoms. The minimum absolute atomic E-state index is 0.0329. The van der Waals surface area contributed by atoms with Gasteiger partial charge in [0.1, 0.15) is 0 Å². The monoisotopic (exact) mass is 258 g/mol. The van der Waals surface area contributed by atoms with Gasteiger partial charge in [-0.2, -0.15) is 0 Å². The maximum Gasteiger partial charge on any atom is 0.317 e. The maximum atomic E-state index is 12.1. The van der Waals surface area contributed by atoms with E-state index in [9.17, 15) is 9.59 Å². The van der Waals surface area contributed by atoms with Gasteiger partial charge in [-0.3, -0.25) is 14.5 Å². The molecule has 1 rings (SSSR count). The van der Waals surface area contributed by atoms with Crippen LogP contribution in [-0.4, -0.2) is 71.7 Å². The highest BCUT2D eigenvalue weighted by molar-refractivity contribution is 5.79. The Kier molecular flexibility index (Phi) is 5.10. The summed E-state index contributed by atoms with van der Waals surface area (Å²) in [4.78, 5) is 26.3. The molecule has 6 nitrogen and oxygen atoms in total. The predicted molar refractivity (Wildman–Crippen MR) is 66.4 cm³/mol. The molecule has 1 aliphatic heterocycles. The summed E-state index contributed by atoms with van der Waals surface area (Å²) in [6, 6.07) is 0. The van der Waals surface area contributed by atoms with Crippen molar-refractivity contribution in [3.63, 3.8) is 0 Å². The van der Waals surface area contributed by atoms with Gasteiger partial charge in [0.15, 0.2) is 0 Å².